The molecule has 2 aromatic rings. The van der Waals surface area contributed by atoms with E-state index in [1.165, 1.54) is 14.2 Å². The first-order valence-electron chi connectivity index (χ1n) is 10.7. The van der Waals surface area contributed by atoms with Crippen LogP contribution in [0.1, 0.15) is 49.3 Å². The molecule has 1 heterocycles. The van der Waals surface area contributed by atoms with Crippen LogP contribution < -0.4 is 9.47 Å². The SMILES string of the molecule is COc1ccc(/C(O)=C2/C(=O)C(=O)N(C3CCCCC3)C2c2ccc(Cl)cc2)cc1OC. The number of halogens is 1. The highest BCUT2D eigenvalue weighted by molar-refractivity contribution is 6.46. The molecule has 2 aliphatic rings. The number of nitrogens with zero attached hydrogens (tertiary/aromatic N) is 1. The molecule has 1 saturated heterocycles. The molecule has 1 aliphatic carbocycles. The topological polar surface area (TPSA) is 76.1 Å². The predicted octanol–water partition coefficient (Wildman–Crippen LogP) is 5.11. The largest absolute Gasteiger partial charge is 0.507 e. The maximum Gasteiger partial charge on any atom is 0.295 e. The summed E-state index contributed by atoms with van der Waals surface area (Å²) in [4.78, 5) is 28.1. The third-order valence-electron chi connectivity index (χ3n) is 6.29. The summed E-state index contributed by atoms with van der Waals surface area (Å²) in [5.41, 5.74) is 1.19. The quantitative estimate of drug-likeness (QED) is 0.385. The molecule has 1 N–H and O–H groups in total. The van der Waals surface area contributed by atoms with Crippen LogP contribution in [0.5, 0.6) is 11.5 Å². The zero-order chi connectivity index (χ0) is 22.8. The minimum atomic E-state index is -0.678. The molecular formula is C25H26ClNO5. The van der Waals surface area contributed by atoms with Crippen molar-refractivity contribution in [1.82, 2.24) is 4.90 Å². The molecule has 1 unspecified atom stereocenters. The Balaban J connectivity index is 1.87. The number of carbonyl (C=O) groups excluding carboxylic acids is 2. The zero-order valence-corrected chi connectivity index (χ0v) is 18.9. The molecule has 7 heteroatoms. The summed E-state index contributed by atoms with van der Waals surface area (Å²) < 4.78 is 10.6. The molecule has 0 spiro atoms. The lowest BCUT2D eigenvalue weighted by Gasteiger charge is -2.35. The lowest BCUT2D eigenvalue weighted by molar-refractivity contribution is -0.141. The van der Waals surface area contributed by atoms with Crippen LogP contribution in [0, 0.1) is 0 Å². The molecule has 1 saturated carbocycles. The number of benzene rings is 2. The van der Waals surface area contributed by atoms with Crippen LogP contribution in [0.15, 0.2) is 48.0 Å². The van der Waals surface area contributed by atoms with E-state index in [1.54, 1.807) is 47.4 Å². The monoisotopic (exact) mass is 455 g/mol. The number of Topliss-reactive ketones (excluding diaryl/α,β-unsaturated/α-hetero) is 1. The first-order valence-corrected chi connectivity index (χ1v) is 11.1. The van der Waals surface area contributed by atoms with E-state index in [0.717, 1.165) is 37.7 Å². The molecule has 1 aliphatic heterocycles. The van der Waals surface area contributed by atoms with Gasteiger partial charge in [-0.05, 0) is 48.7 Å². The van der Waals surface area contributed by atoms with Crippen LogP contribution in [-0.4, -0.2) is 42.0 Å². The molecule has 32 heavy (non-hydrogen) atoms. The summed E-state index contributed by atoms with van der Waals surface area (Å²) in [5.74, 6) is -0.564. The van der Waals surface area contributed by atoms with Crippen molar-refractivity contribution in [2.75, 3.05) is 14.2 Å². The highest BCUT2D eigenvalue weighted by Crippen LogP contribution is 2.43. The molecule has 0 aromatic heterocycles. The lowest BCUT2D eigenvalue weighted by Crippen LogP contribution is -2.40. The molecule has 4 rings (SSSR count). The molecular weight excluding hydrogens is 430 g/mol. The van der Waals surface area contributed by atoms with E-state index < -0.39 is 17.7 Å². The van der Waals surface area contributed by atoms with E-state index >= 15 is 0 Å². The Morgan fingerprint density at radius 3 is 2.25 bits per heavy atom. The van der Waals surface area contributed by atoms with Gasteiger partial charge in [0, 0.05) is 16.6 Å². The molecule has 1 atom stereocenters. The van der Waals surface area contributed by atoms with Gasteiger partial charge in [0.05, 0.1) is 25.8 Å². The summed E-state index contributed by atoms with van der Waals surface area (Å²) >= 11 is 6.08. The normalized spacial score (nSPS) is 21.1. The molecule has 2 fully saturated rings. The van der Waals surface area contributed by atoms with Gasteiger partial charge in [-0.25, -0.2) is 0 Å². The molecule has 6 nitrogen and oxygen atoms in total. The van der Waals surface area contributed by atoms with Gasteiger partial charge in [-0.1, -0.05) is 43.0 Å². The number of aliphatic hydroxyl groups is 1. The van der Waals surface area contributed by atoms with E-state index in [0.29, 0.717) is 22.1 Å². The predicted molar refractivity (Wildman–Crippen MR) is 122 cm³/mol. The number of carbonyl (C=O) groups is 2. The van der Waals surface area contributed by atoms with Crippen LogP contribution in [-0.2, 0) is 9.59 Å². The van der Waals surface area contributed by atoms with Crippen LogP contribution in [0.4, 0.5) is 0 Å². The Hall–Kier alpha value is -2.99. The number of ketones is 1. The van der Waals surface area contributed by atoms with Gasteiger partial charge in [0.25, 0.3) is 11.7 Å². The van der Waals surface area contributed by atoms with Crippen molar-refractivity contribution >= 4 is 29.1 Å². The second kappa shape index (κ2) is 9.25. The summed E-state index contributed by atoms with van der Waals surface area (Å²) in [7, 11) is 3.02. The van der Waals surface area contributed by atoms with Gasteiger partial charge in [0.1, 0.15) is 5.76 Å². The van der Waals surface area contributed by atoms with Gasteiger partial charge in [-0.2, -0.15) is 0 Å². The number of hydrogen-bond acceptors (Lipinski definition) is 5. The molecule has 168 valence electrons. The third kappa shape index (κ3) is 3.95. The standard InChI is InChI=1S/C25H26ClNO5/c1-31-19-13-10-16(14-20(19)32-2)23(28)21-22(15-8-11-17(26)12-9-15)27(25(30)24(21)29)18-6-4-3-5-7-18/h8-14,18,22,28H,3-7H2,1-2H3/b23-21-. The fourth-order valence-corrected chi connectivity index (χ4v) is 4.82. The maximum atomic E-state index is 13.2. The van der Waals surface area contributed by atoms with Gasteiger partial charge >= 0.3 is 0 Å². The van der Waals surface area contributed by atoms with E-state index in [-0.39, 0.29) is 17.4 Å². The number of rotatable bonds is 5. The Morgan fingerprint density at radius 1 is 0.969 bits per heavy atom. The van der Waals surface area contributed by atoms with Gasteiger partial charge in [0.15, 0.2) is 11.5 Å². The number of amides is 1. The fourth-order valence-electron chi connectivity index (χ4n) is 4.70. The Kier molecular flexibility index (Phi) is 6.42. The number of hydrogen-bond donors (Lipinski definition) is 1. The molecule has 0 bridgehead atoms. The highest BCUT2D eigenvalue weighted by atomic mass is 35.5. The van der Waals surface area contributed by atoms with Crippen molar-refractivity contribution in [2.45, 2.75) is 44.2 Å². The first kappa shape index (κ1) is 22.2. The summed E-state index contributed by atoms with van der Waals surface area (Å²) in [6, 6.07) is 11.2. The van der Waals surface area contributed by atoms with E-state index in [4.69, 9.17) is 21.1 Å². The average Bonchev–Trinajstić information content (AvgIpc) is 3.09. The number of likely N-dealkylation sites (tertiary alicyclic amines) is 1. The van der Waals surface area contributed by atoms with E-state index in [9.17, 15) is 14.7 Å². The van der Waals surface area contributed by atoms with Gasteiger partial charge in [-0.15, -0.1) is 0 Å². The minimum Gasteiger partial charge on any atom is -0.507 e. The summed E-state index contributed by atoms with van der Waals surface area (Å²) in [6.45, 7) is 0. The summed E-state index contributed by atoms with van der Waals surface area (Å²) in [5, 5.41) is 11.8. The third-order valence-corrected chi connectivity index (χ3v) is 6.54. The maximum absolute atomic E-state index is 13.2. The lowest BCUT2D eigenvalue weighted by atomic mass is 9.91. The molecule has 1 amide bonds. The first-order chi connectivity index (χ1) is 15.5. The highest BCUT2D eigenvalue weighted by Gasteiger charge is 2.48. The van der Waals surface area contributed by atoms with Crippen molar-refractivity contribution in [3.63, 3.8) is 0 Å². The van der Waals surface area contributed by atoms with Crippen molar-refractivity contribution in [1.29, 1.82) is 0 Å². The van der Waals surface area contributed by atoms with Crippen molar-refractivity contribution < 1.29 is 24.2 Å². The van der Waals surface area contributed by atoms with Crippen molar-refractivity contribution in [2.24, 2.45) is 0 Å². The second-order valence-electron chi connectivity index (χ2n) is 8.12. The fraction of sp³-hybridized carbons (Fsp3) is 0.360. The van der Waals surface area contributed by atoms with Crippen LogP contribution >= 0.6 is 11.6 Å². The van der Waals surface area contributed by atoms with Crippen molar-refractivity contribution in [3.8, 4) is 11.5 Å². The van der Waals surface area contributed by atoms with Crippen LogP contribution in [0.25, 0.3) is 5.76 Å². The Morgan fingerprint density at radius 2 is 1.62 bits per heavy atom. The Bertz CT molecular complexity index is 1060. The van der Waals surface area contributed by atoms with Gasteiger partial charge < -0.3 is 19.5 Å². The number of aliphatic hydroxyl groups excluding tert-OH is 1. The van der Waals surface area contributed by atoms with Crippen LogP contribution in [0.3, 0.4) is 0 Å². The van der Waals surface area contributed by atoms with Gasteiger partial charge in [0.2, 0.25) is 0 Å². The molecule has 2 aromatic carbocycles. The van der Waals surface area contributed by atoms with E-state index in [2.05, 4.69) is 0 Å². The van der Waals surface area contributed by atoms with Gasteiger partial charge in [-0.3, -0.25) is 9.59 Å². The minimum absolute atomic E-state index is 0.0448. The smallest absolute Gasteiger partial charge is 0.295 e. The zero-order valence-electron chi connectivity index (χ0n) is 18.1. The summed E-state index contributed by atoms with van der Waals surface area (Å²) in [6.07, 6.45) is 4.83. The van der Waals surface area contributed by atoms with Crippen LogP contribution in [0.2, 0.25) is 5.02 Å². The number of ether oxygens (including phenoxy) is 2. The van der Waals surface area contributed by atoms with E-state index in [1.807, 2.05) is 0 Å². The Labute approximate surface area is 192 Å². The second-order valence-corrected chi connectivity index (χ2v) is 8.56. The van der Waals surface area contributed by atoms with Crippen molar-refractivity contribution in [3.05, 3.63) is 64.2 Å². The molecule has 0 radical (unpaired) electrons. The number of methoxy groups -OCH3 is 2. The average molecular weight is 456 g/mol.